The molecule has 0 aliphatic heterocycles. The third-order valence-corrected chi connectivity index (χ3v) is 3.24. The van der Waals surface area contributed by atoms with Crippen LogP contribution in [-0.4, -0.2) is 0 Å². The first kappa shape index (κ1) is 12.8. The van der Waals surface area contributed by atoms with Gasteiger partial charge in [0.2, 0.25) is 0 Å². The normalized spacial score (nSPS) is 11.5. The zero-order valence-electron chi connectivity index (χ0n) is 11.2. The quantitative estimate of drug-likeness (QED) is 0.865. The van der Waals surface area contributed by atoms with Gasteiger partial charge in [-0.1, -0.05) is 54.6 Å². The van der Waals surface area contributed by atoms with Gasteiger partial charge in [-0.05, 0) is 43.4 Å². The van der Waals surface area contributed by atoms with Crippen molar-refractivity contribution in [2.75, 3.05) is 0 Å². The summed E-state index contributed by atoms with van der Waals surface area (Å²) < 4.78 is 0. The molecular formula is C17H21N. The average molecular weight is 239 g/mol. The zero-order valence-corrected chi connectivity index (χ0v) is 11.2. The maximum atomic E-state index is 6.07. The van der Waals surface area contributed by atoms with E-state index in [0.29, 0.717) is 0 Å². The molecule has 0 unspecified atom stereocenters. The molecule has 0 bridgehead atoms. The molecule has 0 saturated heterocycles. The first-order chi connectivity index (χ1) is 8.55. The highest BCUT2D eigenvalue weighted by Crippen LogP contribution is 2.17. The molecular weight excluding hydrogens is 218 g/mol. The van der Waals surface area contributed by atoms with Gasteiger partial charge in [-0.15, -0.1) is 0 Å². The maximum absolute atomic E-state index is 6.07. The minimum Gasteiger partial charge on any atom is -0.322 e. The lowest BCUT2D eigenvalue weighted by molar-refractivity contribution is 0.554. The molecule has 1 nitrogen and oxygen atoms in total. The molecule has 1 heteroatoms. The lowest BCUT2D eigenvalue weighted by Gasteiger charge is -2.19. The molecule has 2 N–H and O–H groups in total. The van der Waals surface area contributed by atoms with Crippen molar-refractivity contribution in [3.63, 3.8) is 0 Å². The SMILES string of the molecule is CC(C)(N)c1ccc(CCc2ccccc2)cc1. The second-order valence-electron chi connectivity index (χ2n) is 5.40. The number of aryl methyl sites for hydroxylation is 2. The fraction of sp³-hybridized carbons (Fsp3) is 0.294. The van der Waals surface area contributed by atoms with Crippen LogP contribution < -0.4 is 5.73 Å². The van der Waals surface area contributed by atoms with E-state index in [0.717, 1.165) is 12.8 Å². The molecule has 18 heavy (non-hydrogen) atoms. The largest absolute Gasteiger partial charge is 0.322 e. The smallest absolute Gasteiger partial charge is 0.0352 e. The van der Waals surface area contributed by atoms with Crippen LogP contribution in [0.1, 0.15) is 30.5 Å². The van der Waals surface area contributed by atoms with Crippen LogP contribution in [0.5, 0.6) is 0 Å². The molecule has 2 aromatic rings. The summed E-state index contributed by atoms with van der Waals surface area (Å²) in [5, 5.41) is 0. The minimum atomic E-state index is -0.252. The van der Waals surface area contributed by atoms with E-state index in [1.54, 1.807) is 0 Å². The van der Waals surface area contributed by atoms with Crippen LogP contribution in [0.25, 0.3) is 0 Å². The van der Waals surface area contributed by atoms with E-state index in [2.05, 4.69) is 54.6 Å². The molecule has 0 radical (unpaired) electrons. The molecule has 0 aliphatic carbocycles. The van der Waals surface area contributed by atoms with Crippen LogP contribution >= 0.6 is 0 Å². The Morgan fingerprint density at radius 3 is 1.78 bits per heavy atom. The second kappa shape index (κ2) is 5.36. The molecule has 2 aromatic carbocycles. The monoisotopic (exact) mass is 239 g/mol. The van der Waals surface area contributed by atoms with Crippen LogP contribution in [0, 0.1) is 0 Å². The van der Waals surface area contributed by atoms with Crippen molar-refractivity contribution >= 4 is 0 Å². The number of benzene rings is 2. The van der Waals surface area contributed by atoms with Crippen molar-refractivity contribution in [2.24, 2.45) is 5.73 Å². The summed E-state index contributed by atoms with van der Waals surface area (Å²) in [7, 11) is 0. The van der Waals surface area contributed by atoms with Crippen LogP contribution in [0.2, 0.25) is 0 Å². The average Bonchev–Trinajstić information content (AvgIpc) is 2.37. The summed E-state index contributed by atoms with van der Waals surface area (Å²) in [5.74, 6) is 0. The van der Waals surface area contributed by atoms with Gasteiger partial charge in [0.05, 0.1) is 0 Å². The standard InChI is InChI=1S/C17H21N/c1-17(2,18)16-12-10-15(11-13-16)9-8-14-6-4-3-5-7-14/h3-7,10-13H,8-9,18H2,1-2H3. The summed E-state index contributed by atoms with van der Waals surface area (Å²) in [6, 6.07) is 19.3. The molecule has 0 heterocycles. The van der Waals surface area contributed by atoms with Gasteiger partial charge in [-0.25, -0.2) is 0 Å². The number of hydrogen-bond acceptors (Lipinski definition) is 1. The Bertz CT molecular complexity index is 477. The predicted octanol–water partition coefficient (Wildman–Crippen LogP) is 3.67. The van der Waals surface area contributed by atoms with Crippen LogP contribution in [-0.2, 0) is 18.4 Å². The fourth-order valence-corrected chi connectivity index (χ4v) is 2.03. The summed E-state index contributed by atoms with van der Waals surface area (Å²) in [6.07, 6.45) is 2.17. The fourth-order valence-electron chi connectivity index (χ4n) is 2.03. The summed E-state index contributed by atoms with van der Waals surface area (Å²) >= 11 is 0. The molecule has 0 atom stereocenters. The number of hydrogen-bond donors (Lipinski definition) is 1. The second-order valence-corrected chi connectivity index (χ2v) is 5.40. The molecule has 0 fully saturated rings. The van der Waals surface area contributed by atoms with E-state index >= 15 is 0 Å². The Hall–Kier alpha value is -1.60. The molecule has 0 saturated carbocycles. The van der Waals surface area contributed by atoms with E-state index in [9.17, 15) is 0 Å². The molecule has 94 valence electrons. The van der Waals surface area contributed by atoms with Gasteiger partial charge in [0.15, 0.2) is 0 Å². The third-order valence-electron chi connectivity index (χ3n) is 3.24. The van der Waals surface area contributed by atoms with E-state index in [1.807, 2.05) is 13.8 Å². The summed E-state index contributed by atoms with van der Waals surface area (Å²) in [4.78, 5) is 0. The minimum absolute atomic E-state index is 0.252. The van der Waals surface area contributed by atoms with Crippen molar-refractivity contribution in [3.05, 3.63) is 71.3 Å². The van der Waals surface area contributed by atoms with E-state index in [-0.39, 0.29) is 5.54 Å². The van der Waals surface area contributed by atoms with Crippen molar-refractivity contribution in [3.8, 4) is 0 Å². The van der Waals surface area contributed by atoms with Gasteiger partial charge in [0.25, 0.3) is 0 Å². The summed E-state index contributed by atoms with van der Waals surface area (Å²) in [6.45, 7) is 4.07. The zero-order chi connectivity index (χ0) is 13.0. The van der Waals surface area contributed by atoms with Gasteiger partial charge < -0.3 is 5.73 Å². The highest BCUT2D eigenvalue weighted by Gasteiger charge is 2.12. The molecule has 2 rings (SSSR count). The Morgan fingerprint density at radius 1 is 0.778 bits per heavy atom. The van der Waals surface area contributed by atoms with Crippen LogP contribution in [0.4, 0.5) is 0 Å². The van der Waals surface area contributed by atoms with Crippen molar-refractivity contribution in [2.45, 2.75) is 32.2 Å². The third kappa shape index (κ3) is 3.44. The lowest BCUT2D eigenvalue weighted by Crippen LogP contribution is -2.28. The number of nitrogens with two attached hydrogens (primary N) is 1. The lowest BCUT2D eigenvalue weighted by atomic mass is 9.94. The highest BCUT2D eigenvalue weighted by atomic mass is 14.7. The molecule has 0 aliphatic rings. The first-order valence-electron chi connectivity index (χ1n) is 6.48. The molecule has 0 amide bonds. The van der Waals surface area contributed by atoms with Crippen molar-refractivity contribution < 1.29 is 0 Å². The Balaban J connectivity index is 1.99. The molecule has 0 spiro atoms. The first-order valence-corrected chi connectivity index (χ1v) is 6.48. The van der Waals surface area contributed by atoms with Gasteiger partial charge in [0, 0.05) is 5.54 Å². The van der Waals surface area contributed by atoms with Gasteiger partial charge in [0.1, 0.15) is 0 Å². The summed E-state index contributed by atoms with van der Waals surface area (Å²) in [5.41, 5.74) is 9.76. The van der Waals surface area contributed by atoms with Crippen molar-refractivity contribution in [1.29, 1.82) is 0 Å². The Kier molecular flexibility index (Phi) is 3.83. The Morgan fingerprint density at radius 2 is 1.28 bits per heavy atom. The topological polar surface area (TPSA) is 26.0 Å². The van der Waals surface area contributed by atoms with Crippen molar-refractivity contribution in [1.82, 2.24) is 0 Å². The van der Waals surface area contributed by atoms with Gasteiger partial charge in [-0.2, -0.15) is 0 Å². The van der Waals surface area contributed by atoms with E-state index < -0.39 is 0 Å². The van der Waals surface area contributed by atoms with E-state index in [1.165, 1.54) is 16.7 Å². The number of rotatable bonds is 4. The Labute approximate surface area is 110 Å². The van der Waals surface area contributed by atoms with Gasteiger partial charge in [-0.3, -0.25) is 0 Å². The van der Waals surface area contributed by atoms with Crippen LogP contribution in [0.3, 0.4) is 0 Å². The maximum Gasteiger partial charge on any atom is 0.0352 e. The predicted molar refractivity (Wildman–Crippen MR) is 77.5 cm³/mol. The van der Waals surface area contributed by atoms with Gasteiger partial charge >= 0.3 is 0 Å². The van der Waals surface area contributed by atoms with Crippen LogP contribution in [0.15, 0.2) is 54.6 Å². The molecule has 0 aromatic heterocycles. The van der Waals surface area contributed by atoms with E-state index in [4.69, 9.17) is 5.73 Å². The highest BCUT2D eigenvalue weighted by molar-refractivity contribution is 5.28.